The molecule has 1 heterocycles. The molecule has 0 aliphatic heterocycles. The van der Waals surface area contributed by atoms with E-state index in [0.717, 1.165) is 16.8 Å². The van der Waals surface area contributed by atoms with Crippen molar-refractivity contribution in [3.05, 3.63) is 99.5 Å². The van der Waals surface area contributed by atoms with Gasteiger partial charge in [-0.1, -0.05) is 60.2 Å². The highest BCUT2D eigenvalue weighted by Crippen LogP contribution is 2.14. The van der Waals surface area contributed by atoms with Gasteiger partial charge in [0.1, 0.15) is 12.4 Å². The zero-order valence-corrected chi connectivity index (χ0v) is 14.0. The van der Waals surface area contributed by atoms with Gasteiger partial charge in [-0.25, -0.2) is 0 Å². The Hall–Kier alpha value is -2.81. The van der Waals surface area contributed by atoms with Crippen LogP contribution in [0.5, 0.6) is 5.75 Å². The number of aromatic nitrogens is 1. The van der Waals surface area contributed by atoms with Crippen LogP contribution in [0.4, 0.5) is 0 Å². The first-order chi connectivity index (χ1) is 11.6. The van der Waals surface area contributed by atoms with E-state index in [1.165, 1.54) is 5.56 Å². The lowest BCUT2D eigenvalue weighted by atomic mass is 10.1. The second-order valence-electron chi connectivity index (χ2n) is 6.02. The van der Waals surface area contributed by atoms with Gasteiger partial charge < -0.3 is 9.30 Å². The van der Waals surface area contributed by atoms with Gasteiger partial charge in [0, 0.05) is 11.8 Å². The van der Waals surface area contributed by atoms with E-state index < -0.39 is 0 Å². The van der Waals surface area contributed by atoms with Crippen LogP contribution in [0.15, 0.2) is 71.5 Å². The van der Waals surface area contributed by atoms with Crippen molar-refractivity contribution in [2.75, 3.05) is 0 Å². The summed E-state index contributed by atoms with van der Waals surface area (Å²) in [6, 6.07) is 21.6. The van der Waals surface area contributed by atoms with Gasteiger partial charge in [-0.05, 0) is 31.0 Å². The van der Waals surface area contributed by atoms with Crippen molar-refractivity contribution in [1.29, 1.82) is 0 Å². The molecular weight excluding hydrogens is 298 g/mol. The number of rotatable bonds is 5. The van der Waals surface area contributed by atoms with Crippen molar-refractivity contribution in [2.24, 2.45) is 0 Å². The van der Waals surface area contributed by atoms with E-state index in [-0.39, 0.29) is 5.56 Å². The van der Waals surface area contributed by atoms with Gasteiger partial charge >= 0.3 is 0 Å². The third-order valence-corrected chi connectivity index (χ3v) is 3.98. The monoisotopic (exact) mass is 319 g/mol. The van der Waals surface area contributed by atoms with Crippen LogP contribution in [0.25, 0.3) is 0 Å². The van der Waals surface area contributed by atoms with Crippen LogP contribution in [0.2, 0.25) is 0 Å². The van der Waals surface area contributed by atoms with E-state index in [1.807, 2.05) is 55.5 Å². The number of ether oxygens (including phenoxy) is 1. The number of nitrogens with zero attached hydrogens (tertiary/aromatic N) is 1. The molecule has 0 aliphatic rings. The predicted molar refractivity (Wildman–Crippen MR) is 96.5 cm³/mol. The lowest BCUT2D eigenvalue weighted by molar-refractivity contribution is 0.304. The summed E-state index contributed by atoms with van der Waals surface area (Å²) in [5, 5.41) is 0. The van der Waals surface area contributed by atoms with E-state index in [9.17, 15) is 4.79 Å². The molecule has 0 spiro atoms. The molecule has 0 unspecified atom stereocenters. The number of pyridine rings is 1. The Bertz CT molecular complexity index is 882. The van der Waals surface area contributed by atoms with Gasteiger partial charge in [-0.3, -0.25) is 4.79 Å². The van der Waals surface area contributed by atoms with Crippen LogP contribution in [0.1, 0.15) is 22.4 Å². The largest absolute Gasteiger partial charge is 0.489 e. The fourth-order valence-electron chi connectivity index (χ4n) is 2.72. The summed E-state index contributed by atoms with van der Waals surface area (Å²) >= 11 is 0. The van der Waals surface area contributed by atoms with Crippen molar-refractivity contribution >= 4 is 0 Å². The average molecular weight is 319 g/mol. The molecule has 0 N–H and O–H groups in total. The maximum Gasteiger partial charge on any atom is 0.254 e. The minimum atomic E-state index is -0.0434. The van der Waals surface area contributed by atoms with Crippen molar-refractivity contribution in [1.82, 2.24) is 4.57 Å². The van der Waals surface area contributed by atoms with Crippen LogP contribution >= 0.6 is 0 Å². The van der Waals surface area contributed by atoms with E-state index in [1.54, 1.807) is 10.6 Å². The first-order valence-corrected chi connectivity index (χ1v) is 8.05. The van der Waals surface area contributed by atoms with Crippen molar-refractivity contribution in [3.8, 4) is 5.75 Å². The Labute approximate surface area is 142 Å². The van der Waals surface area contributed by atoms with Crippen LogP contribution < -0.4 is 10.3 Å². The molecule has 0 bridgehead atoms. The molecule has 0 saturated carbocycles. The van der Waals surface area contributed by atoms with Crippen molar-refractivity contribution in [3.63, 3.8) is 0 Å². The molecule has 24 heavy (non-hydrogen) atoms. The zero-order valence-electron chi connectivity index (χ0n) is 14.0. The molecular formula is C21H21NO2. The quantitative estimate of drug-likeness (QED) is 0.709. The highest BCUT2D eigenvalue weighted by atomic mass is 16.5. The number of hydrogen-bond donors (Lipinski definition) is 0. The maximum atomic E-state index is 12.4. The smallest absolute Gasteiger partial charge is 0.254 e. The normalized spacial score (nSPS) is 10.6. The topological polar surface area (TPSA) is 31.2 Å². The predicted octanol–water partition coefficient (Wildman–Crippen LogP) is 4.09. The van der Waals surface area contributed by atoms with Crippen LogP contribution in [0.3, 0.4) is 0 Å². The summed E-state index contributed by atoms with van der Waals surface area (Å²) in [4.78, 5) is 12.4. The van der Waals surface area contributed by atoms with Gasteiger partial charge in [0.2, 0.25) is 0 Å². The number of benzene rings is 2. The summed E-state index contributed by atoms with van der Waals surface area (Å²) in [6.45, 7) is 5.02. The average Bonchev–Trinajstić information content (AvgIpc) is 2.57. The fourth-order valence-corrected chi connectivity index (χ4v) is 2.72. The lowest BCUT2D eigenvalue weighted by Crippen LogP contribution is -2.22. The fraction of sp³-hybridized carbons (Fsp3) is 0.190. The summed E-state index contributed by atoms with van der Waals surface area (Å²) < 4.78 is 7.56. The van der Waals surface area contributed by atoms with Gasteiger partial charge in [0.05, 0.1) is 6.54 Å². The lowest BCUT2D eigenvalue weighted by Gasteiger charge is -2.13. The zero-order chi connectivity index (χ0) is 16.9. The Kier molecular flexibility index (Phi) is 4.80. The second kappa shape index (κ2) is 7.18. The molecule has 0 fully saturated rings. The molecule has 2 aromatic carbocycles. The first kappa shape index (κ1) is 16.1. The standard InChI is InChI=1S/C21H21NO2/c1-16-7-6-10-19(11-16)15-24-20-12-17(2)22(21(23)13-20)14-18-8-4-3-5-9-18/h3-13H,14-15H2,1-2H3. The molecule has 0 aliphatic carbocycles. The Balaban J connectivity index is 1.76. The number of hydrogen-bond acceptors (Lipinski definition) is 2. The van der Waals surface area contributed by atoms with Gasteiger partial charge in [0.25, 0.3) is 5.56 Å². The Morgan fingerprint density at radius 1 is 0.875 bits per heavy atom. The highest BCUT2D eigenvalue weighted by molar-refractivity contribution is 5.26. The van der Waals surface area contributed by atoms with Gasteiger partial charge in [0.15, 0.2) is 0 Å². The molecule has 1 aromatic heterocycles. The Morgan fingerprint density at radius 2 is 1.62 bits per heavy atom. The summed E-state index contributed by atoms with van der Waals surface area (Å²) in [5.41, 5.74) is 4.26. The first-order valence-electron chi connectivity index (χ1n) is 8.05. The van der Waals surface area contributed by atoms with Crippen LogP contribution in [-0.2, 0) is 13.2 Å². The second-order valence-corrected chi connectivity index (χ2v) is 6.02. The van der Waals surface area contributed by atoms with E-state index >= 15 is 0 Å². The van der Waals surface area contributed by atoms with Crippen molar-refractivity contribution < 1.29 is 4.74 Å². The van der Waals surface area contributed by atoms with E-state index in [4.69, 9.17) is 4.74 Å². The molecule has 0 radical (unpaired) electrons. The van der Waals surface area contributed by atoms with Gasteiger partial charge in [-0.15, -0.1) is 0 Å². The third-order valence-electron chi connectivity index (χ3n) is 3.98. The minimum Gasteiger partial charge on any atom is -0.489 e. The van der Waals surface area contributed by atoms with E-state index in [2.05, 4.69) is 19.1 Å². The summed E-state index contributed by atoms with van der Waals surface area (Å²) in [5.74, 6) is 0.614. The molecule has 0 atom stereocenters. The van der Waals surface area contributed by atoms with Gasteiger partial charge in [-0.2, -0.15) is 0 Å². The molecule has 0 amide bonds. The summed E-state index contributed by atoms with van der Waals surface area (Å²) in [7, 11) is 0. The molecule has 3 nitrogen and oxygen atoms in total. The minimum absolute atomic E-state index is 0.0434. The van der Waals surface area contributed by atoms with Crippen molar-refractivity contribution in [2.45, 2.75) is 27.0 Å². The van der Waals surface area contributed by atoms with E-state index in [0.29, 0.717) is 18.9 Å². The molecule has 3 rings (SSSR count). The SMILES string of the molecule is Cc1cccc(COc2cc(C)n(Cc3ccccc3)c(=O)c2)c1. The molecule has 3 aromatic rings. The molecule has 3 heteroatoms. The Morgan fingerprint density at radius 3 is 2.33 bits per heavy atom. The third kappa shape index (κ3) is 3.93. The van der Waals surface area contributed by atoms with Crippen LogP contribution in [0, 0.1) is 13.8 Å². The summed E-state index contributed by atoms with van der Waals surface area (Å²) in [6.07, 6.45) is 0. The molecule has 122 valence electrons. The highest BCUT2D eigenvalue weighted by Gasteiger charge is 2.06. The number of aryl methyl sites for hydroxylation is 2. The molecule has 0 saturated heterocycles. The maximum absolute atomic E-state index is 12.4. The van der Waals surface area contributed by atoms with Crippen LogP contribution in [-0.4, -0.2) is 4.57 Å².